The largest absolute Gasteiger partial charge is 0.347 e. The maximum atomic E-state index is 12.1. The van der Waals surface area contributed by atoms with Gasteiger partial charge in [-0.2, -0.15) is 4.72 Å². The van der Waals surface area contributed by atoms with Crippen LogP contribution in [0.4, 0.5) is 0 Å². The first-order chi connectivity index (χ1) is 7.27. The summed E-state index contributed by atoms with van der Waals surface area (Å²) in [6, 6.07) is 0. The third kappa shape index (κ3) is 3.18. The van der Waals surface area contributed by atoms with E-state index in [0.29, 0.717) is 12.8 Å². The lowest BCUT2D eigenvalue weighted by Crippen LogP contribution is -2.58. The summed E-state index contributed by atoms with van der Waals surface area (Å²) >= 11 is 0. The summed E-state index contributed by atoms with van der Waals surface area (Å²) in [5.74, 6) is -0.141. The van der Waals surface area contributed by atoms with Crippen LogP contribution < -0.4 is 4.72 Å². The molecule has 0 radical (unpaired) electrons. The fourth-order valence-electron chi connectivity index (χ4n) is 2.30. The highest BCUT2D eigenvalue weighted by Crippen LogP contribution is 2.30. The van der Waals surface area contributed by atoms with E-state index in [-0.39, 0.29) is 5.91 Å². The molecule has 94 valence electrons. The summed E-state index contributed by atoms with van der Waals surface area (Å²) in [5, 5.41) is 0. The normalized spacial score (nSPS) is 20.4. The number of nitrogens with zero attached hydrogens (tertiary/aromatic N) is 1. The van der Waals surface area contributed by atoms with E-state index in [9.17, 15) is 13.2 Å². The minimum absolute atomic E-state index is 0.141. The van der Waals surface area contributed by atoms with Crippen molar-refractivity contribution < 1.29 is 13.2 Å². The quantitative estimate of drug-likeness (QED) is 0.782. The van der Waals surface area contributed by atoms with Crippen molar-refractivity contribution in [3.8, 4) is 0 Å². The molecule has 0 atom stereocenters. The first kappa shape index (κ1) is 13.4. The van der Waals surface area contributed by atoms with Crippen molar-refractivity contribution in [2.24, 2.45) is 0 Å². The van der Waals surface area contributed by atoms with E-state index in [1.807, 2.05) is 0 Å². The van der Waals surface area contributed by atoms with Gasteiger partial charge in [-0.15, -0.1) is 0 Å². The van der Waals surface area contributed by atoms with Gasteiger partial charge in [-0.05, 0) is 12.8 Å². The standard InChI is InChI=1S/C10H20N2O3S/c1-12(2)9(13)10(11-16(3,14)15)7-5-4-6-8-10/h11H,4-8H2,1-3H3. The maximum absolute atomic E-state index is 12.1. The molecule has 0 unspecified atom stereocenters. The third-order valence-electron chi connectivity index (χ3n) is 2.90. The fourth-order valence-corrected chi connectivity index (χ4v) is 3.30. The molecular formula is C10H20N2O3S. The van der Waals surface area contributed by atoms with Crippen LogP contribution >= 0.6 is 0 Å². The molecule has 6 heteroatoms. The molecule has 1 aliphatic rings. The van der Waals surface area contributed by atoms with Gasteiger partial charge in [0.15, 0.2) is 0 Å². The molecule has 1 saturated carbocycles. The average Bonchev–Trinajstić information content (AvgIpc) is 2.15. The van der Waals surface area contributed by atoms with Crippen LogP contribution in [0.2, 0.25) is 0 Å². The van der Waals surface area contributed by atoms with Gasteiger partial charge in [0.05, 0.1) is 6.26 Å². The summed E-state index contributed by atoms with van der Waals surface area (Å²) in [6.45, 7) is 0. The highest BCUT2D eigenvalue weighted by Gasteiger charge is 2.42. The zero-order valence-corrected chi connectivity index (χ0v) is 10.9. The molecular weight excluding hydrogens is 228 g/mol. The minimum Gasteiger partial charge on any atom is -0.347 e. The summed E-state index contributed by atoms with van der Waals surface area (Å²) in [4.78, 5) is 13.6. The van der Waals surface area contributed by atoms with Gasteiger partial charge in [0.25, 0.3) is 0 Å². The molecule has 0 bridgehead atoms. The predicted octanol–water partition coefficient (Wildman–Crippen LogP) is 0.327. The van der Waals surface area contributed by atoms with Crippen LogP contribution in [0.3, 0.4) is 0 Å². The molecule has 5 nitrogen and oxygen atoms in total. The van der Waals surface area contributed by atoms with Crippen LogP contribution in [-0.2, 0) is 14.8 Å². The summed E-state index contributed by atoms with van der Waals surface area (Å²) in [5.41, 5.74) is -0.907. The van der Waals surface area contributed by atoms with Crippen LogP contribution in [0.15, 0.2) is 0 Å². The molecule has 0 spiro atoms. The Balaban J connectivity index is 2.96. The Morgan fingerprint density at radius 2 is 1.69 bits per heavy atom. The van der Waals surface area contributed by atoms with E-state index in [1.165, 1.54) is 4.90 Å². The number of nitrogens with one attached hydrogen (secondary N) is 1. The Labute approximate surface area is 97.2 Å². The second-order valence-electron chi connectivity index (χ2n) is 4.72. The first-order valence-corrected chi connectivity index (χ1v) is 7.37. The molecule has 1 amide bonds. The van der Waals surface area contributed by atoms with Crippen LogP contribution in [0.1, 0.15) is 32.1 Å². The Morgan fingerprint density at radius 1 is 1.19 bits per heavy atom. The Morgan fingerprint density at radius 3 is 2.06 bits per heavy atom. The first-order valence-electron chi connectivity index (χ1n) is 5.47. The molecule has 0 saturated heterocycles. The van der Waals surface area contributed by atoms with Gasteiger partial charge in [-0.1, -0.05) is 19.3 Å². The molecule has 0 aromatic carbocycles. The molecule has 0 aromatic rings. The molecule has 1 rings (SSSR count). The number of hydrogen-bond acceptors (Lipinski definition) is 3. The van der Waals surface area contributed by atoms with Crippen molar-refractivity contribution in [2.45, 2.75) is 37.6 Å². The van der Waals surface area contributed by atoms with E-state index in [4.69, 9.17) is 0 Å². The van der Waals surface area contributed by atoms with Crippen molar-refractivity contribution in [1.29, 1.82) is 0 Å². The van der Waals surface area contributed by atoms with E-state index >= 15 is 0 Å². The monoisotopic (exact) mass is 248 g/mol. The third-order valence-corrected chi connectivity index (χ3v) is 3.66. The second kappa shape index (κ2) is 4.71. The number of rotatable bonds is 3. The van der Waals surface area contributed by atoms with Crippen molar-refractivity contribution in [3.05, 3.63) is 0 Å². The maximum Gasteiger partial charge on any atom is 0.243 e. The highest BCUT2D eigenvalue weighted by molar-refractivity contribution is 7.88. The van der Waals surface area contributed by atoms with Crippen molar-refractivity contribution in [1.82, 2.24) is 9.62 Å². The lowest BCUT2D eigenvalue weighted by Gasteiger charge is -2.37. The Hall–Kier alpha value is -0.620. The van der Waals surface area contributed by atoms with Gasteiger partial charge in [-0.3, -0.25) is 4.79 Å². The van der Waals surface area contributed by atoms with Gasteiger partial charge in [0.2, 0.25) is 15.9 Å². The van der Waals surface area contributed by atoms with Crippen molar-refractivity contribution >= 4 is 15.9 Å². The van der Waals surface area contributed by atoms with E-state index in [2.05, 4.69) is 4.72 Å². The molecule has 16 heavy (non-hydrogen) atoms. The van der Waals surface area contributed by atoms with Crippen LogP contribution in [0.5, 0.6) is 0 Å². The summed E-state index contributed by atoms with van der Waals surface area (Å²) in [7, 11) is -0.0474. The topological polar surface area (TPSA) is 66.5 Å². The van der Waals surface area contributed by atoms with E-state index < -0.39 is 15.6 Å². The van der Waals surface area contributed by atoms with Crippen molar-refractivity contribution in [2.75, 3.05) is 20.4 Å². The zero-order valence-electron chi connectivity index (χ0n) is 10.1. The number of hydrogen-bond donors (Lipinski definition) is 1. The van der Waals surface area contributed by atoms with Crippen LogP contribution in [0.25, 0.3) is 0 Å². The second-order valence-corrected chi connectivity index (χ2v) is 6.47. The fraction of sp³-hybridized carbons (Fsp3) is 0.900. The Kier molecular flexibility index (Phi) is 3.96. The number of carbonyl (C=O) groups is 1. The minimum atomic E-state index is -3.36. The molecule has 1 aliphatic carbocycles. The number of likely N-dealkylation sites (N-methyl/N-ethyl adjacent to an activating group) is 1. The van der Waals surface area contributed by atoms with Gasteiger partial charge < -0.3 is 4.90 Å². The number of amides is 1. The zero-order chi connectivity index (χ0) is 12.4. The average molecular weight is 248 g/mol. The number of carbonyl (C=O) groups excluding carboxylic acids is 1. The molecule has 0 heterocycles. The summed E-state index contributed by atoms with van der Waals surface area (Å²) in [6.07, 6.45) is 5.14. The van der Waals surface area contributed by atoms with Gasteiger partial charge in [0, 0.05) is 14.1 Å². The molecule has 0 aliphatic heterocycles. The molecule has 1 N–H and O–H groups in total. The molecule has 0 aromatic heterocycles. The molecule has 1 fully saturated rings. The summed E-state index contributed by atoms with van der Waals surface area (Å²) < 4.78 is 25.2. The van der Waals surface area contributed by atoms with Gasteiger partial charge >= 0.3 is 0 Å². The number of sulfonamides is 1. The van der Waals surface area contributed by atoms with E-state index in [1.54, 1.807) is 14.1 Å². The van der Waals surface area contributed by atoms with Crippen LogP contribution in [-0.4, -0.2) is 45.1 Å². The van der Waals surface area contributed by atoms with Gasteiger partial charge in [0.1, 0.15) is 5.54 Å². The van der Waals surface area contributed by atoms with E-state index in [0.717, 1.165) is 25.5 Å². The lowest BCUT2D eigenvalue weighted by atomic mass is 9.81. The predicted molar refractivity (Wildman–Crippen MR) is 62.5 cm³/mol. The smallest absolute Gasteiger partial charge is 0.243 e. The lowest BCUT2D eigenvalue weighted by molar-refractivity contribution is -0.136. The van der Waals surface area contributed by atoms with Crippen LogP contribution in [0, 0.1) is 0 Å². The van der Waals surface area contributed by atoms with Gasteiger partial charge in [-0.25, -0.2) is 8.42 Å². The van der Waals surface area contributed by atoms with Crippen molar-refractivity contribution in [3.63, 3.8) is 0 Å². The Bertz CT molecular complexity index is 356. The SMILES string of the molecule is CN(C)C(=O)C1(NS(C)(=O)=O)CCCCC1. The highest BCUT2D eigenvalue weighted by atomic mass is 32.2.